The zero-order valence-electron chi connectivity index (χ0n) is 13.3. The molecule has 0 aliphatic rings. The molecule has 0 aliphatic carbocycles. The number of hydrogen-bond donors (Lipinski definition) is 2. The fourth-order valence-corrected chi connectivity index (χ4v) is 2.74. The van der Waals surface area contributed by atoms with E-state index in [1.54, 1.807) is 6.20 Å². The Morgan fingerprint density at radius 3 is 2.67 bits per heavy atom. The van der Waals surface area contributed by atoms with E-state index < -0.39 is 0 Å². The first-order chi connectivity index (χ1) is 11.6. The summed E-state index contributed by atoms with van der Waals surface area (Å²) in [6.45, 7) is 2.31. The van der Waals surface area contributed by atoms with Crippen LogP contribution in [0.15, 0.2) is 54.7 Å². The van der Waals surface area contributed by atoms with Crippen molar-refractivity contribution >= 4 is 39.8 Å². The number of carbonyl (C=O) groups excluding carboxylic acids is 1. The van der Waals surface area contributed by atoms with Crippen molar-refractivity contribution in [1.82, 2.24) is 4.98 Å². The van der Waals surface area contributed by atoms with Gasteiger partial charge in [0, 0.05) is 41.4 Å². The van der Waals surface area contributed by atoms with Crippen LogP contribution in [0.3, 0.4) is 0 Å². The highest BCUT2D eigenvalue weighted by molar-refractivity contribution is 6.31. The van der Waals surface area contributed by atoms with Crippen LogP contribution < -0.4 is 10.6 Å². The molecule has 5 heteroatoms. The van der Waals surface area contributed by atoms with Crippen LogP contribution in [0.25, 0.3) is 10.9 Å². The van der Waals surface area contributed by atoms with E-state index in [2.05, 4.69) is 15.6 Å². The summed E-state index contributed by atoms with van der Waals surface area (Å²) in [5, 5.41) is 7.96. The number of halogens is 1. The maximum absolute atomic E-state index is 11.0. The third-order valence-corrected chi connectivity index (χ3v) is 3.94. The highest BCUT2D eigenvalue weighted by Gasteiger charge is 2.03. The quantitative estimate of drug-likeness (QED) is 0.719. The first kappa shape index (κ1) is 16.3. The number of benzene rings is 2. The van der Waals surface area contributed by atoms with Gasteiger partial charge in [0.1, 0.15) is 0 Å². The van der Waals surface area contributed by atoms with Gasteiger partial charge in [-0.25, -0.2) is 0 Å². The minimum Gasteiger partial charge on any atom is -0.384 e. The average molecular weight is 340 g/mol. The lowest BCUT2D eigenvalue weighted by Crippen LogP contribution is -2.07. The average Bonchev–Trinajstić information content (AvgIpc) is 2.56. The minimum atomic E-state index is -0.0610. The molecule has 1 heterocycles. The first-order valence-electron chi connectivity index (χ1n) is 7.76. The molecule has 0 atom stereocenters. The molecule has 0 saturated heterocycles. The highest BCUT2D eigenvalue weighted by Crippen LogP contribution is 2.24. The molecule has 0 radical (unpaired) electrons. The van der Waals surface area contributed by atoms with Crippen molar-refractivity contribution < 1.29 is 4.79 Å². The molecule has 1 aromatic heterocycles. The van der Waals surface area contributed by atoms with Gasteiger partial charge in [0.25, 0.3) is 0 Å². The normalized spacial score (nSPS) is 10.6. The molecular weight excluding hydrogens is 322 g/mol. The molecular formula is C19H18ClN3O. The van der Waals surface area contributed by atoms with Gasteiger partial charge in [-0.15, -0.1) is 0 Å². The summed E-state index contributed by atoms with van der Waals surface area (Å²) in [7, 11) is 0. The predicted molar refractivity (Wildman–Crippen MR) is 99.7 cm³/mol. The smallest absolute Gasteiger partial charge is 0.221 e. The molecule has 3 rings (SSSR count). The number of amides is 1. The molecule has 2 N–H and O–H groups in total. The van der Waals surface area contributed by atoms with Gasteiger partial charge >= 0.3 is 0 Å². The molecule has 3 aromatic rings. The number of anilines is 2. The lowest BCUT2D eigenvalue weighted by molar-refractivity contribution is -0.114. The molecule has 0 saturated carbocycles. The highest BCUT2D eigenvalue weighted by atomic mass is 35.5. The summed E-state index contributed by atoms with van der Waals surface area (Å²) in [5.74, 6) is -0.0610. The van der Waals surface area contributed by atoms with E-state index in [-0.39, 0.29) is 5.91 Å². The summed E-state index contributed by atoms with van der Waals surface area (Å²) >= 11 is 6.01. The SMILES string of the molecule is CC(=O)Nc1ccc(CCNc2ccnc3cc(Cl)ccc23)cc1. The molecule has 2 aromatic carbocycles. The van der Waals surface area contributed by atoms with Crippen LogP contribution in [0.5, 0.6) is 0 Å². The van der Waals surface area contributed by atoms with Gasteiger partial charge in [0.15, 0.2) is 0 Å². The zero-order chi connectivity index (χ0) is 16.9. The van der Waals surface area contributed by atoms with Crippen LogP contribution in [-0.2, 0) is 11.2 Å². The van der Waals surface area contributed by atoms with Gasteiger partial charge in [-0.1, -0.05) is 23.7 Å². The first-order valence-corrected chi connectivity index (χ1v) is 8.14. The number of hydrogen-bond acceptors (Lipinski definition) is 3. The van der Waals surface area contributed by atoms with Gasteiger partial charge in [0.05, 0.1) is 5.52 Å². The van der Waals surface area contributed by atoms with Crippen LogP contribution in [0.2, 0.25) is 5.02 Å². The second kappa shape index (κ2) is 7.32. The summed E-state index contributed by atoms with van der Waals surface area (Å²) in [4.78, 5) is 15.4. The Morgan fingerprint density at radius 2 is 1.92 bits per heavy atom. The molecule has 0 bridgehead atoms. The molecule has 122 valence electrons. The lowest BCUT2D eigenvalue weighted by Gasteiger charge is -2.10. The van der Waals surface area contributed by atoms with Crippen molar-refractivity contribution in [3.63, 3.8) is 0 Å². The monoisotopic (exact) mass is 339 g/mol. The van der Waals surface area contributed by atoms with Gasteiger partial charge in [0.2, 0.25) is 5.91 Å². The number of pyridine rings is 1. The number of nitrogens with zero attached hydrogens (tertiary/aromatic N) is 1. The van der Waals surface area contributed by atoms with E-state index in [9.17, 15) is 4.79 Å². The van der Waals surface area contributed by atoms with Crippen molar-refractivity contribution in [3.8, 4) is 0 Å². The Morgan fingerprint density at radius 1 is 1.12 bits per heavy atom. The third-order valence-electron chi connectivity index (χ3n) is 3.71. The third kappa shape index (κ3) is 4.03. The maximum Gasteiger partial charge on any atom is 0.221 e. The topological polar surface area (TPSA) is 54.0 Å². The van der Waals surface area contributed by atoms with E-state index in [4.69, 9.17) is 11.6 Å². The second-order valence-electron chi connectivity index (χ2n) is 5.57. The van der Waals surface area contributed by atoms with Gasteiger partial charge in [-0.2, -0.15) is 0 Å². The van der Waals surface area contributed by atoms with Crippen molar-refractivity contribution in [2.24, 2.45) is 0 Å². The Kier molecular flexibility index (Phi) is 4.96. The standard InChI is InChI=1S/C19H18ClN3O/c1-13(24)23-16-5-2-14(3-6-16)8-10-21-18-9-11-22-19-12-15(20)4-7-17(18)19/h2-7,9,11-12H,8,10H2,1H3,(H,21,22)(H,23,24). The van der Waals surface area contributed by atoms with E-state index in [1.807, 2.05) is 48.5 Å². The Hall–Kier alpha value is -2.59. The second-order valence-corrected chi connectivity index (χ2v) is 6.01. The Balaban J connectivity index is 1.63. The summed E-state index contributed by atoms with van der Waals surface area (Å²) < 4.78 is 0. The largest absolute Gasteiger partial charge is 0.384 e. The fraction of sp³-hybridized carbons (Fsp3) is 0.158. The molecule has 0 spiro atoms. The van der Waals surface area contributed by atoms with Crippen LogP contribution >= 0.6 is 11.6 Å². The summed E-state index contributed by atoms with van der Waals surface area (Å²) in [6, 6.07) is 15.6. The molecule has 4 nitrogen and oxygen atoms in total. The molecule has 0 fully saturated rings. The minimum absolute atomic E-state index is 0.0610. The van der Waals surface area contributed by atoms with Crippen LogP contribution in [0.1, 0.15) is 12.5 Å². The summed E-state index contributed by atoms with van der Waals surface area (Å²) in [5.41, 5.74) is 3.95. The van der Waals surface area contributed by atoms with Gasteiger partial charge in [-0.3, -0.25) is 9.78 Å². The Labute approximate surface area is 145 Å². The van der Waals surface area contributed by atoms with Crippen molar-refractivity contribution in [3.05, 3.63) is 65.3 Å². The Bertz CT molecular complexity index is 862. The van der Waals surface area contributed by atoms with Gasteiger partial charge in [-0.05, 0) is 48.4 Å². The number of fused-ring (bicyclic) bond motifs is 1. The van der Waals surface area contributed by atoms with E-state index >= 15 is 0 Å². The molecule has 0 unspecified atom stereocenters. The maximum atomic E-state index is 11.0. The van der Waals surface area contributed by atoms with Crippen molar-refractivity contribution in [2.75, 3.05) is 17.2 Å². The number of carbonyl (C=O) groups is 1. The molecule has 0 aliphatic heterocycles. The van der Waals surface area contributed by atoms with Crippen LogP contribution in [-0.4, -0.2) is 17.4 Å². The van der Waals surface area contributed by atoms with Gasteiger partial charge < -0.3 is 10.6 Å². The van der Waals surface area contributed by atoms with Crippen LogP contribution in [0, 0.1) is 0 Å². The van der Waals surface area contributed by atoms with E-state index in [0.29, 0.717) is 5.02 Å². The number of aromatic nitrogens is 1. The number of rotatable bonds is 5. The number of nitrogens with one attached hydrogen (secondary N) is 2. The molecule has 24 heavy (non-hydrogen) atoms. The van der Waals surface area contributed by atoms with Crippen LogP contribution in [0.4, 0.5) is 11.4 Å². The molecule has 1 amide bonds. The predicted octanol–water partition coefficient (Wildman–Crippen LogP) is 4.50. The summed E-state index contributed by atoms with van der Waals surface area (Å²) in [6.07, 6.45) is 2.67. The van der Waals surface area contributed by atoms with E-state index in [1.165, 1.54) is 12.5 Å². The lowest BCUT2D eigenvalue weighted by atomic mass is 10.1. The zero-order valence-corrected chi connectivity index (χ0v) is 14.1. The fourth-order valence-electron chi connectivity index (χ4n) is 2.57. The van der Waals surface area contributed by atoms with E-state index in [0.717, 1.165) is 35.2 Å². The van der Waals surface area contributed by atoms with Crippen molar-refractivity contribution in [2.45, 2.75) is 13.3 Å². The van der Waals surface area contributed by atoms with Crippen molar-refractivity contribution in [1.29, 1.82) is 0 Å².